The number of rotatable bonds is 3. The molecular weight excluding hydrogens is 284 g/mol. The molecule has 1 aromatic carbocycles. The lowest BCUT2D eigenvalue weighted by Crippen LogP contribution is -2.30. The lowest BCUT2D eigenvalue weighted by Gasteiger charge is -2.18. The molecule has 0 saturated carbocycles. The van der Waals surface area contributed by atoms with Crippen LogP contribution >= 0.6 is 11.6 Å². The first kappa shape index (κ1) is 14.7. The molecule has 0 bridgehead atoms. The Bertz CT molecular complexity index is 547. The predicted molar refractivity (Wildman–Crippen MR) is 73.8 cm³/mol. The minimum absolute atomic E-state index is 0.0655. The van der Waals surface area contributed by atoms with Gasteiger partial charge in [0.15, 0.2) is 0 Å². The summed E-state index contributed by atoms with van der Waals surface area (Å²) in [5.74, 6) is -0.191. The molecule has 1 aliphatic heterocycles. The number of nitrogens with zero attached hydrogens (tertiary/aromatic N) is 2. The second-order valence-electron chi connectivity index (χ2n) is 4.96. The van der Waals surface area contributed by atoms with Gasteiger partial charge < -0.3 is 10.0 Å². The zero-order valence-electron chi connectivity index (χ0n) is 11.0. The Hall–Kier alpha value is -1.66. The largest absolute Gasteiger partial charge is 0.393 e. The molecule has 2 rings (SSSR count). The topological polar surface area (TPSA) is 83.7 Å². The number of non-ortho nitro benzene ring substituents is 1. The maximum atomic E-state index is 12.3. The highest BCUT2D eigenvalue weighted by Gasteiger charge is 2.30. The Labute approximate surface area is 121 Å². The monoisotopic (exact) mass is 298 g/mol. The van der Waals surface area contributed by atoms with Crippen LogP contribution in [0.5, 0.6) is 0 Å². The Morgan fingerprint density at radius 1 is 1.60 bits per heavy atom. The molecule has 1 aliphatic rings. The van der Waals surface area contributed by atoms with Crippen LogP contribution < -0.4 is 0 Å². The average molecular weight is 299 g/mol. The molecule has 1 amide bonds. The number of nitro benzene ring substituents is 1. The third-order valence-electron chi connectivity index (χ3n) is 3.59. The number of aliphatic hydroxyl groups is 1. The number of hydrogen-bond donors (Lipinski definition) is 1. The Morgan fingerprint density at radius 2 is 2.30 bits per heavy atom. The standard InChI is InChI=1S/C13H15ClN2O4/c1-8(17)9-4-5-15(7-9)13(18)11-3-2-10(16(19)20)6-12(11)14/h2-3,6,8-9,17H,4-5,7H2,1H3. The van der Waals surface area contributed by atoms with Gasteiger partial charge in [-0.3, -0.25) is 14.9 Å². The average Bonchev–Trinajstić information content (AvgIpc) is 2.87. The van der Waals surface area contributed by atoms with E-state index in [0.717, 1.165) is 6.42 Å². The van der Waals surface area contributed by atoms with Gasteiger partial charge in [0, 0.05) is 31.1 Å². The number of carbonyl (C=O) groups excluding carboxylic acids is 1. The van der Waals surface area contributed by atoms with Gasteiger partial charge in [-0.2, -0.15) is 0 Å². The van der Waals surface area contributed by atoms with Gasteiger partial charge in [-0.25, -0.2) is 0 Å². The first-order chi connectivity index (χ1) is 9.40. The van der Waals surface area contributed by atoms with E-state index in [9.17, 15) is 20.0 Å². The highest BCUT2D eigenvalue weighted by molar-refractivity contribution is 6.34. The smallest absolute Gasteiger partial charge is 0.270 e. The lowest BCUT2D eigenvalue weighted by atomic mass is 10.0. The molecule has 1 N–H and O–H groups in total. The summed E-state index contributed by atoms with van der Waals surface area (Å²) in [4.78, 5) is 24.0. The summed E-state index contributed by atoms with van der Waals surface area (Å²) < 4.78 is 0. The zero-order chi connectivity index (χ0) is 14.9. The summed E-state index contributed by atoms with van der Waals surface area (Å²) in [7, 11) is 0. The van der Waals surface area contributed by atoms with Crippen LogP contribution in [0.3, 0.4) is 0 Å². The molecule has 7 heteroatoms. The van der Waals surface area contributed by atoms with Crippen LogP contribution in [0.25, 0.3) is 0 Å². The summed E-state index contributed by atoms with van der Waals surface area (Å²) in [5.41, 5.74) is 0.110. The predicted octanol–water partition coefficient (Wildman–Crippen LogP) is 2.09. The summed E-state index contributed by atoms with van der Waals surface area (Å²) in [6.07, 6.45) is 0.286. The van der Waals surface area contributed by atoms with Crippen LogP contribution in [-0.4, -0.2) is 40.0 Å². The van der Waals surface area contributed by atoms with E-state index in [4.69, 9.17) is 11.6 Å². The molecule has 1 heterocycles. The number of nitro groups is 1. The summed E-state index contributed by atoms with van der Waals surface area (Å²) in [6.45, 7) is 2.74. The zero-order valence-corrected chi connectivity index (χ0v) is 11.7. The van der Waals surface area contributed by atoms with Crippen molar-refractivity contribution in [1.29, 1.82) is 0 Å². The second-order valence-corrected chi connectivity index (χ2v) is 5.37. The molecule has 0 radical (unpaired) electrons. The minimum atomic E-state index is -0.556. The normalized spacial score (nSPS) is 19.9. The van der Waals surface area contributed by atoms with E-state index in [1.54, 1.807) is 11.8 Å². The number of carbonyl (C=O) groups is 1. The van der Waals surface area contributed by atoms with E-state index in [2.05, 4.69) is 0 Å². The molecule has 1 aromatic rings. The van der Waals surface area contributed by atoms with Gasteiger partial charge in [-0.1, -0.05) is 11.6 Å². The number of likely N-dealkylation sites (tertiary alicyclic amines) is 1. The van der Waals surface area contributed by atoms with Crippen LogP contribution in [-0.2, 0) is 0 Å². The number of amides is 1. The van der Waals surface area contributed by atoms with E-state index in [-0.39, 0.29) is 28.1 Å². The maximum Gasteiger partial charge on any atom is 0.270 e. The van der Waals surface area contributed by atoms with Gasteiger partial charge in [-0.05, 0) is 19.4 Å². The van der Waals surface area contributed by atoms with Crippen molar-refractivity contribution in [3.05, 3.63) is 38.9 Å². The lowest BCUT2D eigenvalue weighted by molar-refractivity contribution is -0.384. The number of aliphatic hydroxyl groups excluding tert-OH is 1. The van der Waals surface area contributed by atoms with Crippen molar-refractivity contribution in [2.45, 2.75) is 19.4 Å². The van der Waals surface area contributed by atoms with Crippen LogP contribution in [0.4, 0.5) is 5.69 Å². The fraction of sp³-hybridized carbons (Fsp3) is 0.462. The molecule has 20 heavy (non-hydrogen) atoms. The summed E-state index contributed by atoms with van der Waals surface area (Å²) in [6, 6.07) is 3.82. The molecule has 108 valence electrons. The molecule has 1 saturated heterocycles. The fourth-order valence-corrected chi connectivity index (χ4v) is 2.58. The fourth-order valence-electron chi connectivity index (χ4n) is 2.33. The molecule has 2 atom stereocenters. The van der Waals surface area contributed by atoms with E-state index >= 15 is 0 Å². The molecule has 0 aromatic heterocycles. The van der Waals surface area contributed by atoms with Crippen LogP contribution in [0, 0.1) is 16.0 Å². The minimum Gasteiger partial charge on any atom is -0.393 e. The second kappa shape index (κ2) is 5.76. The Morgan fingerprint density at radius 3 is 2.80 bits per heavy atom. The van der Waals surface area contributed by atoms with Crippen molar-refractivity contribution in [2.75, 3.05) is 13.1 Å². The van der Waals surface area contributed by atoms with Crippen LogP contribution in [0.1, 0.15) is 23.7 Å². The quantitative estimate of drug-likeness (QED) is 0.684. The van der Waals surface area contributed by atoms with Crippen LogP contribution in [0.2, 0.25) is 5.02 Å². The third kappa shape index (κ3) is 2.91. The van der Waals surface area contributed by atoms with E-state index in [1.807, 2.05) is 0 Å². The summed E-state index contributed by atoms with van der Waals surface area (Å²) >= 11 is 5.94. The summed E-state index contributed by atoms with van der Waals surface area (Å²) in [5, 5.41) is 20.2. The highest BCUT2D eigenvalue weighted by atomic mass is 35.5. The molecular formula is C13H15ClN2O4. The van der Waals surface area contributed by atoms with E-state index in [1.165, 1.54) is 18.2 Å². The molecule has 6 nitrogen and oxygen atoms in total. The first-order valence-electron chi connectivity index (χ1n) is 6.31. The van der Waals surface area contributed by atoms with Gasteiger partial charge in [0.2, 0.25) is 0 Å². The Kier molecular flexibility index (Phi) is 4.25. The SMILES string of the molecule is CC(O)C1CCN(C(=O)c2ccc([N+](=O)[O-])cc2Cl)C1. The highest BCUT2D eigenvalue weighted by Crippen LogP contribution is 2.26. The van der Waals surface area contributed by atoms with Gasteiger partial charge in [0.1, 0.15) is 0 Å². The van der Waals surface area contributed by atoms with Gasteiger partial charge in [-0.15, -0.1) is 0 Å². The molecule has 0 spiro atoms. The van der Waals surface area contributed by atoms with Crippen LogP contribution in [0.15, 0.2) is 18.2 Å². The Balaban J connectivity index is 2.16. The van der Waals surface area contributed by atoms with Crippen molar-refractivity contribution in [1.82, 2.24) is 4.90 Å². The van der Waals surface area contributed by atoms with Crippen molar-refractivity contribution < 1.29 is 14.8 Å². The maximum absolute atomic E-state index is 12.3. The molecule has 1 fully saturated rings. The number of halogens is 1. The van der Waals surface area contributed by atoms with E-state index in [0.29, 0.717) is 13.1 Å². The van der Waals surface area contributed by atoms with Gasteiger partial charge >= 0.3 is 0 Å². The molecule has 2 unspecified atom stereocenters. The van der Waals surface area contributed by atoms with Crippen molar-refractivity contribution in [2.24, 2.45) is 5.92 Å². The third-order valence-corrected chi connectivity index (χ3v) is 3.90. The number of benzene rings is 1. The van der Waals surface area contributed by atoms with Crippen molar-refractivity contribution in [3.63, 3.8) is 0 Å². The number of hydrogen-bond acceptors (Lipinski definition) is 4. The van der Waals surface area contributed by atoms with E-state index < -0.39 is 11.0 Å². The van der Waals surface area contributed by atoms with Gasteiger partial charge in [0.05, 0.1) is 21.6 Å². The van der Waals surface area contributed by atoms with Gasteiger partial charge in [0.25, 0.3) is 11.6 Å². The van der Waals surface area contributed by atoms with Crippen molar-refractivity contribution >= 4 is 23.2 Å². The molecule has 0 aliphatic carbocycles. The van der Waals surface area contributed by atoms with Crippen molar-refractivity contribution in [3.8, 4) is 0 Å². The first-order valence-corrected chi connectivity index (χ1v) is 6.69.